The second-order valence-corrected chi connectivity index (χ2v) is 6.01. The fraction of sp³-hybridized carbons (Fsp3) is 0.400. The lowest BCUT2D eigenvalue weighted by atomic mass is 10.3. The van der Waals surface area contributed by atoms with E-state index in [2.05, 4.69) is 20.7 Å². The number of hydrogen-bond acceptors (Lipinski definition) is 2. The predicted octanol–water partition coefficient (Wildman–Crippen LogP) is 2.53. The highest BCUT2D eigenvalue weighted by atomic mass is 79.9. The maximum absolute atomic E-state index is 11.8. The summed E-state index contributed by atoms with van der Waals surface area (Å²) in [5.74, 6) is 0. The van der Waals surface area contributed by atoms with Crippen LogP contribution in [0.1, 0.15) is 20.3 Å². The van der Waals surface area contributed by atoms with E-state index in [0.29, 0.717) is 4.90 Å². The molecule has 1 rings (SSSR count). The number of rotatable bonds is 4. The van der Waals surface area contributed by atoms with E-state index in [1.165, 1.54) is 0 Å². The molecule has 84 valence electrons. The van der Waals surface area contributed by atoms with Gasteiger partial charge < -0.3 is 0 Å². The third-order valence-electron chi connectivity index (χ3n) is 2.09. The molecule has 0 aromatic heterocycles. The van der Waals surface area contributed by atoms with Crippen LogP contribution in [0.25, 0.3) is 0 Å². The van der Waals surface area contributed by atoms with Crippen LogP contribution in [0.2, 0.25) is 0 Å². The molecule has 0 fully saturated rings. The maximum atomic E-state index is 11.8. The first kappa shape index (κ1) is 12.7. The zero-order valence-corrected chi connectivity index (χ0v) is 11.1. The molecule has 0 spiro atoms. The van der Waals surface area contributed by atoms with Gasteiger partial charge in [-0.15, -0.1) is 0 Å². The van der Waals surface area contributed by atoms with Gasteiger partial charge in [0, 0.05) is 10.5 Å². The van der Waals surface area contributed by atoms with E-state index in [1.54, 1.807) is 24.3 Å². The molecule has 1 aromatic rings. The largest absolute Gasteiger partial charge is 0.240 e. The van der Waals surface area contributed by atoms with Gasteiger partial charge in [0.1, 0.15) is 0 Å². The van der Waals surface area contributed by atoms with Crippen molar-refractivity contribution < 1.29 is 8.42 Å². The first-order valence-electron chi connectivity index (χ1n) is 4.73. The standard InChI is InChI=1S/C10H14BrNO2S/c1-3-8(2)12-15(13,14)10-6-4-9(11)5-7-10/h4-8,12H,3H2,1-2H3. The van der Waals surface area contributed by atoms with Gasteiger partial charge in [0.25, 0.3) is 0 Å². The summed E-state index contributed by atoms with van der Waals surface area (Å²) in [6, 6.07) is 6.54. The lowest BCUT2D eigenvalue weighted by molar-refractivity contribution is 0.556. The van der Waals surface area contributed by atoms with E-state index >= 15 is 0 Å². The fourth-order valence-corrected chi connectivity index (χ4v) is 2.62. The molecule has 1 N–H and O–H groups in total. The Balaban J connectivity index is 2.91. The number of hydrogen-bond donors (Lipinski definition) is 1. The van der Waals surface area contributed by atoms with Gasteiger partial charge in [-0.2, -0.15) is 0 Å². The second kappa shape index (κ2) is 5.09. The molecule has 0 aliphatic heterocycles. The Morgan fingerprint density at radius 3 is 2.33 bits per heavy atom. The molecule has 3 nitrogen and oxygen atoms in total. The van der Waals surface area contributed by atoms with Crippen LogP contribution in [-0.4, -0.2) is 14.5 Å². The van der Waals surface area contributed by atoms with Crippen molar-refractivity contribution in [2.45, 2.75) is 31.2 Å². The average Bonchev–Trinajstić information content (AvgIpc) is 2.17. The number of benzene rings is 1. The number of sulfonamides is 1. The molecule has 1 aromatic carbocycles. The van der Waals surface area contributed by atoms with Crippen LogP contribution >= 0.6 is 15.9 Å². The molecule has 0 saturated carbocycles. The van der Waals surface area contributed by atoms with E-state index in [9.17, 15) is 8.42 Å². The summed E-state index contributed by atoms with van der Waals surface area (Å²) >= 11 is 3.26. The number of halogens is 1. The summed E-state index contributed by atoms with van der Waals surface area (Å²) < 4.78 is 27.0. The van der Waals surface area contributed by atoms with Gasteiger partial charge >= 0.3 is 0 Å². The summed E-state index contributed by atoms with van der Waals surface area (Å²) in [5, 5.41) is 0. The highest BCUT2D eigenvalue weighted by Crippen LogP contribution is 2.14. The van der Waals surface area contributed by atoms with Crippen molar-refractivity contribution in [1.29, 1.82) is 0 Å². The Kier molecular flexibility index (Phi) is 4.31. The minimum absolute atomic E-state index is 0.0429. The van der Waals surface area contributed by atoms with Gasteiger partial charge in [-0.25, -0.2) is 13.1 Å². The third kappa shape index (κ3) is 3.59. The molecule has 1 unspecified atom stereocenters. The topological polar surface area (TPSA) is 46.2 Å². The minimum atomic E-state index is -3.36. The molecule has 0 aliphatic rings. The molecule has 1 atom stereocenters. The van der Waals surface area contributed by atoms with Crippen LogP contribution < -0.4 is 4.72 Å². The van der Waals surface area contributed by atoms with Crippen molar-refractivity contribution in [3.8, 4) is 0 Å². The molecular formula is C10H14BrNO2S. The monoisotopic (exact) mass is 291 g/mol. The third-order valence-corrected chi connectivity index (χ3v) is 4.23. The minimum Gasteiger partial charge on any atom is -0.208 e. The van der Waals surface area contributed by atoms with Gasteiger partial charge in [0.05, 0.1) is 4.90 Å². The van der Waals surface area contributed by atoms with Gasteiger partial charge in [-0.1, -0.05) is 22.9 Å². The molecular weight excluding hydrogens is 278 g/mol. The molecule has 0 amide bonds. The van der Waals surface area contributed by atoms with Crippen LogP contribution in [0.4, 0.5) is 0 Å². The quantitative estimate of drug-likeness (QED) is 0.927. The van der Waals surface area contributed by atoms with Crippen LogP contribution in [0.5, 0.6) is 0 Å². The van der Waals surface area contributed by atoms with Crippen molar-refractivity contribution in [3.63, 3.8) is 0 Å². The zero-order valence-electron chi connectivity index (χ0n) is 8.70. The predicted molar refractivity (Wildman–Crippen MR) is 64.2 cm³/mol. The lowest BCUT2D eigenvalue weighted by Crippen LogP contribution is -2.31. The first-order valence-corrected chi connectivity index (χ1v) is 7.01. The van der Waals surface area contributed by atoms with E-state index in [0.717, 1.165) is 10.9 Å². The highest BCUT2D eigenvalue weighted by Gasteiger charge is 2.15. The van der Waals surface area contributed by atoms with Crippen LogP contribution in [0.3, 0.4) is 0 Å². The van der Waals surface area contributed by atoms with E-state index in [-0.39, 0.29) is 6.04 Å². The molecule has 5 heteroatoms. The van der Waals surface area contributed by atoms with Crippen LogP contribution in [-0.2, 0) is 10.0 Å². The summed E-state index contributed by atoms with van der Waals surface area (Å²) in [4.78, 5) is 0.297. The second-order valence-electron chi connectivity index (χ2n) is 3.38. The Morgan fingerprint density at radius 2 is 1.87 bits per heavy atom. The molecule has 0 heterocycles. The number of nitrogens with one attached hydrogen (secondary N) is 1. The molecule has 0 bridgehead atoms. The highest BCUT2D eigenvalue weighted by molar-refractivity contribution is 9.10. The summed E-state index contributed by atoms with van der Waals surface area (Å²) in [6.45, 7) is 3.78. The first-order chi connectivity index (χ1) is 6.95. The summed E-state index contributed by atoms with van der Waals surface area (Å²) in [6.07, 6.45) is 0.774. The van der Waals surface area contributed by atoms with Gasteiger partial charge in [-0.05, 0) is 37.6 Å². The van der Waals surface area contributed by atoms with Crippen LogP contribution in [0, 0.1) is 0 Å². The Bertz CT molecular complexity index is 414. The Labute approximate surface area is 99.1 Å². The van der Waals surface area contributed by atoms with E-state index in [1.807, 2.05) is 13.8 Å². The van der Waals surface area contributed by atoms with Crippen molar-refractivity contribution >= 4 is 26.0 Å². The van der Waals surface area contributed by atoms with Crippen molar-refractivity contribution in [2.24, 2.45) is 0 Å². The molecule has 0 saturated heterocycles. The molecule has 15 heavy (non-hydrogen) atoms. The van der Waals surface area contributed by atoms with Crippen molar-refractivity contribution in [3.05, 3.63) is 28.7 Å². The van der Waals surface area contributed by atoms with Gasteiger partial charge in [0.15, 0.2) is 0 Å². The smallest absolute Gasteiger partial charge is 0.208 e. The van der Waals surface area contributed by atoms with Gasteiger partial charge in [-0.3, -0.25) is 0 Å². The lowest BCUT2D eigenvalue weighted by Gasteiger charge is -2.11. The van der Waals surface area contributed by atoms with Crippen LogP contribution in [0.15, 0.2) is 33.6 Å². The van der Waals surface area contributed by atoms with Crippen molar-refractivity contribution in [1.82, 2.24) is 4.72 Å². The molecule has 0 radical (unpaired) electrons. The normalized spacial score (nSPS) is 13.8. The maximum Gasteiger partial charge on any atom is 0.240 e. The fourth-order valence-electron chi connectivity index (χ4n) is 1.03. The Morgan fingerprint density at radius 1 is 1.33 bits per heavy atom. The van der Waals surface area contributed by atoms with E-state index < -0.39 is 10.0 Å². The van der Waals surface area contributed by atoms with E-state index in [4.69, 9.17) is 0 Å². The summed E-state index contributed by atoms with van der Waals surface area (Å²) in [5.41, 5.74) is 0. The summed E-state index contributed by atoms with van der Waals surface area (Å²) in [7, 11) is -3.36. The zero-order chi connectivity index (χ0) is 11.5. The molecule has 0 aliphatic carbocycles. The SMILES string of the molecule is CCC(C)NS(=O)(=O)c1ccc(Br)cc1. The van der Waals surface area contributed by atoms with Gasteiger partial charge in [0.2, 0.25) is 10.0 Å². The Hall–Kier alpha value is -0.390. The average molecular weight is 292 g/mol. The van der Waals surface area contributed by atoms with Crippen molar-refractivity contribution in [2.75, 3.05) is 0 Å².